The second-order valence-corrected chi connectivity index (χ2v) is 12.7. The molecule has 3 nitrogen and oxygen atoms in total. The SMILES string of the molecule is CCCC[C@H]1[C@H](O)CC(/C=C\C2=CCC[C@]3(C)[C@@H]([C@H](C)CCCC(C)(C)O)CC[C@@H]23)=C(C)[C@H]1O. The summed E-state index contributed by atoms with van der Waals surface area (Å²) < 4.78 is 0. The van der Waals surface area contributed by atoms with Crippen LogP contribution in [0.5, 0.6) is 0 Å². The molecule has 0 aromatic heterocycles. The Bertz CT molecular complexity index is 770. The van der Waals surface area contributed by atoms with Crippen molar-refractivity contribution in [2.45, 2.75) is 130 Å². The largest absolute Gasteiger partial charge is 0.392 e. The summed E-state index contributed by atoms with van der Waals surface area (Å²) in [6.45, 7) is 13.0. The van der Waals surface area contributed by atoms with Gasteiger partial charge in [-0.2, -0.15) is 0 Å². The van der Waals surface area contributed by atoms with Gasteiger partial charge in [-0.15, -0.1) is 0 Å². The van der Waals surface area contributed by atoms with Crippen molar-refractivity contribution >= 4 is 0 Å². The van der Waals surface area contributed by atoms with Gasteiger partial charge in [-0.1, -0.05) is 64.7 Å². The van der Waals surface area contributed by atoms with E-state index in [2.05, 4.69) is 45.9 Å². The number of allylic oxidation sites excluding steroid dienone is 4. The van der Waals surface area contributed by atoms with Crippen LogP contribution in [0.2, 0.25) is 0 Å². The fourth-order valence-electron chi connectivity index (χ4n) is 7.49. The standard InChI is InChI=1S/C31H52O3/c1-7-8-13-25-28(32)20-24(22(3)29(25)33)15-14-23-12-10-19-31(6)26(16-17-27(23)31)21(2)11-9-18-30(4,5)34/h12,14-15,21,25-29,32-34H,7-11,13,16-20H2,1-6H3/b15-14-/t21-,25+,26-,27+,28-,29-,31-/m1/s1. The van der Waals surface area contributed by atoms with Gasteiger partial charge in [-0.05, 0) is 106 Å². The van der Waals surface area contributed by atoms with E-state index < -0.39 is 17.8 Å². The first-order chi connectivity index (χ1) is 16.0. The van der Waals surface area contributed by atoms with Gasteiger partial charge in [0, 0.05) is 5.92 Å². The Kier molecular flexibility index (Phi) is 9.31. The van der Waals surface area contributed by atoms with E-state index in [1.165, 1.54) is 31.3 Å². The first-order valence-electron chi connectivity index (χ1n) is 14.1. The highest BCUT2D eigenvalue weighted by Gasteiger charge is 2.49. The van der Waals surface area contributed by atoms with Crippen LogP contribution in [0.1, 0.15) is 112 Å². The van der Waals surface area contributed by atoms with Crippen molar-refractivity contribution in [1.82, 2.24) is 0 Å². The molecular weight excluding hydrogens is 420 g/mol. The Morgan fingerprint density at radius 2 is 1.91 bits per heavy atom. The molecule has 0 unspecified atom stereocenters. The highest BCUT2D eigenvalue weighted by atomic mass is 16.3. The van der Waals surface area contributed by atoms with Crippen LogP contribution >= 0.6 is 0 Å². The molecule has 194 valence electrons. The van der Waals surface area contributed by atoms with Gasteiger partial charge in [0.1, 0.15) is 0 Å². The van der Waals surface area contributed by atoms with Crippen molar-refractivity contribution in [1.29, 1.82) is 0 Å². The lowest BCUT2D eigenvalue weighted by atomic mass is 9.62. The summed E-state index contributed by atoms with van der Waals surface area (Å²) in [4.78, 5) is 0. The van der Waals surface area contributed by atoms with E-state index in [9.17, 15) is 15.3 Å². The molecule has 0 aliphatic heterocycles. The molecule has 3 aliphatic rings. The van der Waals surface area contributed by atoms with Gasteiger partial charge >= 0.3 is 0 Å². The third kappa shape index (κ3) is 6.26. The lowest BCUT2D eigenvalue weighted by Crippen LogP contribution is -2.37. The van der Waals surface area contributed by atoms with Crippen LogP contribution in [0, 0.1) is 29.1 Å². The molecule has 3 aliphatic carbocycles. The second-order valence-electron chi connectivity index (χ2n) is 12.7. The quantitative estimate of drug-likeness (QED) is 0.317. The summed E-state index contributed by atoms with van der Waals surface area (Å²) >= 11 is 0. The normalized spacial score (nSPS) is 35.6. The number of aliphatic hydroxyl groups excluding tert-OH is 2. The van der Waals surface area contributed by atoms with Crippen LogP contribution in [0.15, 0.2) is 34.9 Å². The minimum Gasteiger partial charge on any atom is -0.392 e. The molecular formula is C31H52O3. The Morgan fingerprint density at radius 1 is 1.18 bits per heavy atom. The number of aliphatic hydroxyl groups is 3. The van der Waals surface area contributed by atoms with Crippen LogP contribution in [-0.4, -0.2) is 33.1 Å². The van der Waals surface area contributed by atoms with Gasteiger partial charge in [0.25, 0.3) is 0 Å². The van der Waals surface area contributed by atoms with Crippen molar-refractivity contribution in [2.24, 2.45) is 29.1 Å². The van der Waals surface area contributed by atoms with Crippen molar-refractivity contribution in [3.8, 4) is 0 Å². The topological polar surface area (TPSA) is 60.7 Å². The predicted molar refractivity (Wildman–Crippen MR) is 142 cm³/mol. The van der Waals surface area contributed by atoms with E-state index in [1.54, 1.807) is 0 Å². The molecule has 3 N–H and O–H groups in total. The fourth-order valence-corrected chi connectivity index (χ4v) is 7.49. The lowest BCUT2D eigenvalue weighted by molar-refractivity contribution is 0.0147. The molecule has 0 amide bonds. The molecule has 0 heterocycles. The molecule has 0 saturated heterocycles. The maximum absolute atomic E-state index is 10.9. The first kappa shape index (κ1) is 27.7. The highest BCUT2D eigenvalue weighted by Crippen LogP contribution is 2.59. The molecule has 0 spiro atoms. The van der Waals surface area contributed by atoms with Crippen LogP contribution in [-0.2, 0) is 0 Å². The van der Waals surface area contributed by atoms with Gasteiger partial charge < -0.3 is 15.3 Å². The van der Waals surface area contributed by atoms with Gasteiger partial charge in [0.15, 0.2) is 0 Å². The molecule has 0 aromatic carbocycles. The molecule has 3 rings (SSSR count). The van der Waals surface area contributed by atoms with Crippen molar-refractivity contribution in [3.05, 3.63) is 34.9 Å². The third-order valence-corrected chi connectivity index (χ3v) is 9.66. The summed E-state index contributed by atoms with van der Waals surface area (Å²) in [7, 11) is 0. The smallest absolute Gasteiger partial charge is 0.0806 e. The summed E-state index contributed by atoms with van der Waals surface area (Å²) in [5.41, 5.74) is 3.43. The average molecular weight is 473 g/mol. The Hall–Kier alpha value is -0.900. The van der Waals surface area contributed by atoms with Gasteiger partial charge in [-0.25, -0.2) is 0 Å². The molecule has 1 fully saturated rings. The van der Waals surface area contributed by atoms with Crippen LogP contribution in [0.4, 0.5) is 0 Å². The Balaban J connectivity index is 1.68. The monoisotopic (exact) mass is 472 g/mol. The van der Waals surface area contributed by atoms with Gasteiger partial charge in [0.05, 0.1) is 17.8 Å². The molecule has 0 aromatic rings. The zero-order valence-electron chi connectivity index (χ0n) is 22.8. The Labute approximate surface area is 209 Å². The lowest BCUT2D eigenvalue weighted by Gasteiger charge is -2.43. The molecule has 34 heavy (non-hydrogen) atoms. The number of hydrogen-bond donors (Lipinski definition) is 3. The summed E-state index contributed by atoms with van der Waals surface area (Å²) in [5.74, 6) is 2.02. The molecule has 0 bridgehead atoms. The number of fused-ring (bicyclic) bond motifs is 1. The van der Waals surface area contributed by atoms with E-state index >= 15 is 0 Å². The molecule has 3 heteroatoms. The molecule has 0 radical (unpaired) electrons. The van der Waals surface area contributed by atoms with Crippen molar-refractivity contribution < 1.29 is 15.3 Å². The second kappa shape index (κ2) is 11.4. The third-order valence-electron chi connectivity index (χ3n) is 9.66. The van der Waals surface area contributed by atoms with Crippen LogP contribution in [0.25, 0.3) is 0 Å². The summed E-state index contributed by atoms with van der Waals surface area (Å²) in [6.07, 6.45) is 17.8. The van der Waals surface area contributed by atoms with Crippen molar-refractivity contribution in [2.75, 3.05) is 0 Å². The first-order valence-corrected chi connectivity index (χ1v) is 14.1. The maximum atomic E-state index is 10.9. The van der Waals surface area contributed by atoms with Crippen LogP contribution < -0.4 is 0 Å². The van der Waals surface area contributed by atoms with Crippen molar-refractivity contribution in [3.63, 3.8) is 0 Å². The summed E-state index contributed by atoms with van der Waals surface area (Å²) in [6, 6.07) is 0. The van der Waals surface area contributed by atoms with E-state index in [1.807, 2.05) is 13.8 Å². The zero-order chi connectivity index (χ0) is 25.1. The highest BCUT2D eigenvalue weighted by molar-refractivity contribution is 5.37. The van der Waals surface area contributed by atoms with E-state index in [0.29, 0.717) is 23.7 Å². The summed E-state index contributed by atoms with van der Waals surface area (Å²) in [5, 5.41) is 31.7. The molecule has 1 saturated carbocycles. The van der Waals surface area contributed by atoms with E-state index in [-0.39, 0.29) is 5.92 Å². The number of rotatable bonds is 10. The Morgan fingerprint density at radius 3 is 2.59 bits per heavy atom. The zero-order valence-corrected chi connectivity index (χ0v) is 22.8. The average Bonchev–Trinajstić information content (AvgIpc) is 3.12. The number of unbranched alkanes of at least 4 members (excludes halogenated alkanes) is 1. The predicted octanol–water partition coefficient (Wildman–Crippen LogP) is 7.12. The van der Waals surface area contributed by atoms with Crippen LogP contribution in [0.3, 0.4) is 0 Å². The minimum atomic E-state index is -0.559. The van der Waals surface area contributed by atoms with E-state index in [4.69, 9.17) is 0 Å². The maximum Gasteiger partial charge on any atom is 0.0806 e. The van der Waals surface area contributed by atoms with Gasteiger partial charge in [0.2, 0.25) is 0 Å². The van der Waals surface area contributed by atoms with Gasteiger partial charge in [-0.3, -0.25) is 0 Å². The minimum absolute atomic E-state index is 0.0252. The molecule has 7 atom stereocenters. The van der Waals surface area contributed by atoms with E-state index in [0.717, 1.165) is 55.6 Å². The number of hydrogen-bond acceptors (Lipinski definition) is 3. The fraction of sp³-hybridized carbons (Fsp3) is 0.806.